The van der Waals surface area contributed by atoms with Gasteiger partial charge in [0, 0.05) is 35.6 Å². The first kappa shape index (κ1) is 15.0. The van der Waals surface area contributed by atoms with E-state index >= 15 is 0 Å². The van der Waals surface area contributed by atoms with Crippen molar-refractivity contribution in [2.75, 3.05) is 6.61 Å². The summed E-state index contributed by atoms with van der Waals surface area (Å²) in [6.07, 6.45) is 2.74. The zero-order valence-electron chi connectivity index (χ0n) is 12.3. The molecule has 0 spiro atoms. The molecule has 1 N–H and O–H groups in total. The lowest BCUT2D eigenvalue weighted by atomic mass is 10.1. The number of rotatable bonds is 6. The molecular formula is C16H22N2OS. The van der Waals surface area contributed by atoms with E-state index in [1.165, 1.54) is 10.4 Å². The number of aromatic nitrogens is 1. The largest absolute Gasteiger partial charge is 0.477 e. The second-order valence-electron chi connectivity index (χ2n) is 5.78. The fourth-order valence-corrected chi connectivity index (χ4v) is 2.41. The number of thiophene rings is 1. The zero-order valence-corrected chi connectivity index (χ0v) is 13.2. The Morgan fingerprint density at radius 1 is 1.30 bits per heavy atom. The molecule has 0 bridgehead atoms. The van der Waals surface area contributed by atoms with Crippen LogP contribution in [0.2, 0.25) is 0 Å². The van der Waals surface area contributed by atoms with Crippen LogP contribution in [-0.2, 0) is 13.0 Å². The van der Waals surface area contributed by atoms with Crippen molar-refractivity contribution in [1.82, 2.24) is 10.3 Å². The van der Waals surface area contributed by atoms with Gasteiger partial charge >= 0.3 is 0 Å². The quantitative estimate of drug-likeness (QED) is 0.881. The molecule has 0 radical (unpaired) electrons. The molecule has 0 atom stereocenters. The minimum Gasteiger partial charge on any atom is -0.477 e. The Morgan fingerprint density at radius 2 is 2.15 bits per heavy atom. The van der Waals surface area contributed by atoms with Gasteiger partial charge in [-0.05, 0) is 43.8 Å². The van der Waals surface area contributed by atoms with Crippen LogP contribution in [0, 0.1) is 0 Å². The monoisotopic (exact) mass is 290 g/mol. The molecule has 0 unspecified atom stereocenters. The molecule has 0 saturated heterocycles. The second-order valence-corrected chi connectivity index (χ2v) is 6.82. The normalized spacial score (nSPS) is 11.6. The summed E-state index contributed by atoms with van der Waals surface area (Å²) in [5.74, 6) is 0.703. The summed E-state index contributed by atoms with van der Waals surface area (Å²) in [5.41, 5.74) is 1.31. The van der Waals surface area contributed by atoms with E-state index in [2.05, 4.69) is 48.6 Å². The average molecular weight is 290 g/mol. The predicted molar refractivity (Wildman–Crippen MR) is 84.3 cm³/mol. The molecule has 20 heavy (non-hydrogen) atoms. The van der Waals surface area contributed by atoms with Gasteiger partial charge in [0.1, 0.15) is 0 Å². The molecule has 0 fully saturated rings. The van der Waals surface area contributed by atoms with Crippen LogP contribution in [0.5, 0.6) is 5.88 Å². The smallest absolute Gasteiger partial charge is 0.213 e. The number of hydrogen-bond acceptors (Lipinski definition) is 4. The van der Waals surface area contributed by atoms with Crippen molar-refractivity contribution in [3.05, 3.63) is 46.3 Å². The van der Waals surface area contributed by atoms with Crippen molar-refractivity contribution in [2.24, 2.45) is 0 Å². The molecule has 0 aliphatic heterocycles. The van der Waals surface area contributed by atoms with Gasteiger partial charge in [0.15, 0.2) is 0 Å². The average Bonchev–Trinajstić information content (AvgIpc) is 2.89. The van der Waals surface area contributed by atoms with E-state index in [1.807, 2.05) is 12.1 Å². The van der Waals surface area contributed by atoms with Crippen LogP contribution in [0.3, 0.4) is 0 Å². The van der Waals surface area contributed by atoms with Gasteiger partial charge in [0.25, 0.3) is 0 Å². The van der Waals surface area contributed by atoms with Crippen molar-refractivity contribution in [1.29, 1.82) is 0 Å². The van der Waals surface area contributed by atoms with E-state index < -0.39 is 0 Å². The van der Waals surface area contributed by atoms with Crippen molar-refractivity contribution in [3.8, 4) is 5.88 Å². The van der Waals surface area contributed by atoms with Gasteiger partial charge < -0.3 is 10.1 Å². The van der Waals surface area contributed by atoms with Gasteiger partial charge in [-0.3, -0.25) is 0 Å². The lowest BCUT2D eigenvalue weighted by molar-refractivity contribution is 0.309. The first-order valence-corrected chi connectivity index (χ1v) is 7.76. The lowest BCUT2D eigenvalue weighted by Crippen LogP contribution is -2.35. The van der Waals surface area contributed by atoms with Crippen LogP contribution in [0.25, 0.3) is 0 Å². The molecule has 2 aromatic rings. The zero-order chi connectivity index (χ0) is 14.4. The molecule has 0 aromatic carbocycles. The van der Waals surface area contributed by atoms with E-state index in [4.69, 9.17) is 4.74 Å². The Hall–Kier alpha value is -1.39. The van der Waals surface area contributed by atoms with Crippen LogP contribution in [0.15, 0.2) is 35.8 Å². The molecular weight excluding hydrogens is 268 g/mol. The molecule has 0 aliphatic rings. The molecule has 0 amide bonds. The van der Waals surface area contributed by atoms with Crippen LogP contribution in [-0.4, -0.2) is 17.1 Å². The Bertz CT molecular complexity index is 518. The summed E-state index contributed by atoms with van der Waals surface area (Å²) in [5, 5.41) is 5.55. The number of nitrogens with zero attached hydrogens (tertiary/aromatic N) is 1. The fraction of sp³-hybridized carbons (Fsp3) is 0.438. The summed E-state index contributed by atoms with van der Waals surface area (Å²) in [6.45, 7) is 7.98. The van der Waals surface area contributed by atoms with Crippen molar-refractivity contribution in [2.45, 2.75) is 39.3 Å². The Morgan fingerprint density at radius 3 is 2.85 bits per heavy atom. The molecule has 4 heteroatoms. The maximum atomic E-state index is 5.72. The van der Waals surface area contributed by atoms with Crippen LogP contribution >= 0.6 is 11.3 Å². The third-order valence-electron chi connectivity index (χ3n) is 2.80. The summed E-state index contributed by atoms with van der Waals surface area (Å²) in [7, 11) is 0. The van der Waals surface area contributed by atoms with E-state index in [-0.39, 0.29) is 5.54 Å². The lowest BCUT2D eigenvalue weighted by Gasteiger charge is -2.20. The van der Waals surface area contributed by atoms with Crippen LogP contribution in [0.1, 0.15) is 31.2 Å². The topological polar surface area (TPSA) is 34.2 Å². The molecule has 2 heterocycles. The van der Waals surface area contributed by atoms with Crippen LogP contribution < -0.4 is 10.1 Å². The van der Waals surface area contributed by atoms with Crippen LogP contribution in [0.4, 0.5) is 0 Å². The number of ether oxygens (including phenoxy) is 1. The summed E-state index contributed by atoms with van der Waals surface area (Å²) in [4.78, 5) is 5.60. The molecule has 2 aromatic heterocycles. The second kappa shape index (κ2) is 6.86. The van der Waals surface area contributed by atoms with Crippen molar-refractivity contribution < 1.29 is 4.74 Å². The van der Waals surface area contributed by atoms with Crippen molar-refractivity contribution >= 4 is 11.3 Å². The summed E-state index contributed by atoms with van der Waals surface area (Å²) >= 11 is 1.76. The van der Waals surface area contributed by atoms with E-state index in [9.17, 15) is 0 Å². The molecule has 108 valence electrons. The predicted octanol–water partition coefficient (Wildman–Crippen LogP) is 3.65. The van der Waals surface area contributed by atoms with E-state index in [1.54, 1.807) is 17.5 Å². The maximum absolute atomic E-state index is 5.72. The highest BCUT2D eigenvalue weighted by Gasteiger charge is 2.08. The minimum atomic E-state index is 0.115. The van der Waals surface area contributed by atoms with E-state index in [0.717, 1.165) is 13.0 Å². The summed E-state index contributed by atoms with van der Waals surface area (Å²) < 4.78 is 5.72. The first-order valence-electron chi connectivity index (χ1n) is 6.88. The van der Waals surface area contributed by atoms with Gasteiger partial charge in [-0.15, -0.1) is 11.3 Å². The summed E-state index contributed by atoms with van der Waals surface area (Å²) in [6, 6.07) is 8.22. The van der Waals surface area contributed by atoms with Gasteiger partial charge in [0.05, 0.1) is 6.61 Å². The van der Waals surface area contributed by atoms with Gasteiger partial charge in [-0.2, -0.15) is 0 Å². The first-order chi connectivity index (χ1) is 9.53. The Labute approximate surface area is 125 Å². The van der Waals surface area contributed by atoms with Gasteiger partial charge in [0.2, 0.25) is 5.88 Å². The standard InChI is InChI=1S/C16H22N2OS/c1-16(2,3)18-12-13-6-8-17-15(11-13)19-9-7-14-5-4-10-20-14/h4-6,8,10-11,18H,7,9,12H2,1-3H3. The van der Waals surface area contributed by atoms with Gasteiger partial charge in [-0.25, -0.2) is 4.98 Å². The molecule has 0 aliphatic carbocycles. The van der Waals surface area contributed by atoms with E-state index in [0.29, 0.717) is 12.5 Å². The van der Waals surface area contributed by atoms with Gasteiger partial charge in [-0.1, -0.05) is 6.07 Å². The number of nitrogens with one attached hydrogen (secondary N) is 1. The number of pyridine rings is 1. The maximum Gasteiger partial charge on any atom is 0.213 e. The SMILES string of the molecule is CC(C)(C)NCc1ccnc(OCCc2cccs2)c1. The molecule has 2 rings (SSSR count). The highest BCUT2D eigenvalue weighted by atomic mass is 32.1. The highest BCUT2D eigenvalue weighted by molar-refractivity contribution is 7.09. The Kier molecular flexibility index (Phi) is 5.15. The molecule has 0 saturated carbocycles. The molecule has 3 nitrogen and oxygen atoms in total. The number of hydrogen-bond donors (Lipinski definition) is 1. The minimum absolute atomic E-state index is 0.115. The third-order valence-corrected chi connectivity index (χ3v) is 3.74. The fourth-order valence-electron chi connectivity index (χ4n) is 1.72. The Balaban J connectivity index is 1.83. The third kappa shape index (κ3) is 5.31. The van der Waals surface area contributed by atoms with Crippen molar-refractivity contribution in [3.63, 3.8) is 0 Å². The highest BCUT2D eigenvalue weighted by Crippen LogP contribution is 2.13.